The molecule has 1 atom stereocenters. The zero-order valence-electron chi connectivity index (χ0n) is 14.5. The van der Waals surface area contributed by atoms with Crippen LogP contribution in [-0.2, 0) is 16.0 Å². The third-order valence-corrected chi connectivity index (χ3v) is 5.39. The van der Waals surface area contributed by atoms with Gasteiger partial charge in [-0.1, -0.05) is 6.07 Å². The molecule has 25 heavy (non-hydrogen) atoms. The lowest BCUT2D eigenvalue weighted by Crippen LogP contribution is -2.57. The molecule has 1 aromatic heterocycles. The van der Waals surface area contributed by atoms with Crippen molar-refractivity contribution >= 4 is 28.8 Å². The molecule has 2 amide bonds. The van der Waals surface area contributed by atoms with Gasteiger partial charge >= 0.3 is 0 Å². The number of anilines is 1. The molecule has 6 heteroatoms. The van der Waals surface area contributed by atoms with Crippen LogP contribution in [0.1, 0.15) is 18.2 Å². The van der Waals surface area contributed by atoms with E-state index in [0.717, 1.165) is 17.9 Å². The van der Waals surface area contributed by atoms with Crippen LogP contribution in [0.15, 0.2) is 41.8 Å². The maximum Gasteiger partial charge on any atom is 0.246 e. The summed E-state index contributed by atoms with van der Waals surface area (Å²) in [6.45, 7) is 2.64. The Kier molecular flexibility index (Phi) is 5.38. The van der Waals surface area contributed by atoms with Gasteiger partial charge in [-0.2, -0.15) is 0 Å². The quantitative estimate of drug-likeness (QED) is 0.826. The van der Waals surface area contributed by atoms with Gasteiger partial charge in [0.1, 0.15) is 12.3 Å². The fraction of sp³-hybridized carbons (Fsp3) is 0.368. The molecule has 1 aliphatic heterocycles. The summed E-state index contributed by atoms with van der Waals surface area (Å²) in [7, 11) is 1.61. The summed E-state index contributed by atoms with van der Waals surface area (Å²) in [4.78, 5) is 29.7. The molecule has 5 nitrogen and oxygen atoms in total. The third kappa shape index (κ3) is 4.02. The van der Waals surface area contributed by atoms with Crippen LogP contribution in [0.3, 0.4) is 0 Å². The monoisotopic (exact) mass is 358 g/mol. The van der Waals surface area contributed by atoms with E-state index in [1.165, 1.54) is 4.88 Å². The van der Waals surface area contributed by atoms with E-state index in [0.29, 0.717) is 13.0 Å². The first-order valence-corrected chi connectivity index (χ1v) is 9.22. The second kappa shape index (κ2) is 7.70. The molecule has 1 aliphatic rings. The van der Waals surface area contributed by atoms with Crippen molar-refractivity contribution in [1.82, 2.24) is 4.90 Å². The molecule has 2 heterocycles. The van der Waals surface area contributed by atoms with E-state index in [1.807, 2.05) is 48.7 Å². The molecule has 1 saturated heterocycles. The highest BCUT2D eigenvalue weighted by Gasteiger charge is 2.32. The van der Waals surface area contributed by atoms with Gasteiger partial charge in [0.15, 0.2) is 0 Å². The highest BCUT2D eigenvalue weighted by Crippen LogP contribution is 2.23. The number of hydrogen-bond donors (Lipinski definition) is 0. The number of amides is 2. The molecule has 0 bridgehead atoms. The highest BCUT2D eigenvalue weighted by atomic mass is 32.1. The average molecular weight is 358 g/mol. The van der Waals surface area contributed by atoms with Gasteiger partial charge in [-0.25, -0.2) is 0 Å². The van der Waals surface area contributed by atoms with E-state index in [9.17, 15) is 9.59 Å². The Morgan fingerprint density at radius 1 is 1.28 bits per heavy atom. The van der Waals surface area contributed by atoms with Crippen molar-refractivity contribution in [2.75, 3.05) is 25.1 Å². The fourth-order valence-electron chi connectivity index (χ4n) is 3.03. The van der Waals surface area contributed by atoms with Crippen LogP contribution < -0.4 is 9.64 Å². The van der Waals surface area contributed by atoms with Gasteiger partial charge in [0.25, 0.3) is 0 Å². The first-order valence-electron chi connectivity index (χ1n) is 8.34. The Morgan fingerprint density at radius 3 is 2.68 bits per heavy atom. The number of ether oxygens (including phenoxy) is 1. The zero-order valence-corrected chi connectivity index (χ0v) is 15.3. The number of carbonyl (C=O) groups excluding carboxylic acids is 2. The smallest absolute Gasteiger partial charge is 0.246 e. The molecule has 0 N–H and O–H groups in total. The Balaban J connectivity index is 1.62. The van der Waals surface area contributed by atoms with E-state index < -0.39 is 0 Å². The van der Waals surface area contributed by atoms with Gasteiger partial charge in [0.2, 0.25) is 11.8 Å². The summed E-state index contributed by atoms with van der Waals surface area (Å²) in [5, 5.41) is 2.01. The van der Waals surface area contributed by atoms with Crippen LogP contribution >= 0.6 is 11.3 Å². The summed E-state index contributed by atoms with van der Waals surface area (Å²) in [6.07, 6.45) is 1.18. The molecule has 0 saturated carbocycles. The second-order valence-electron chi connectivity index (χ2n) is 6.15. The lowest BCUT2D eigenvalue weighted by atomic mass is 10.1. The SMILES string of the molecule is COc1ccc(N2C[C@@H](C)N(C(=O)CCc3cccs3)CC2=O)cc1. The Hall–Kier alpha value is -2.34. The molecule has 132 valence electrons. The number of benzene rings is 1. The minimum Gasteiger partial charge on any atom is -0.497 e. The Labute approximate surface area is 151 Å². The summed E-state index contributed by atoms with van der Waals surface area (Å²) in [5.41, 5.74) is 0.836. The summed E-state index contributed by atoms with van der Waals surface area (Å²) >= 11 is 1.66. The number of rotatable bonds is 5. The van der Waals surface area contributed by atoms with Crippen LogP contribution in [0.25, 0.3) is 0 Å². The maximum absolute atomic E-state index is 12.5. The first-order chi connectivity index (χ1) is 12.1. The van der Waals surface area contributed by atoms with Crippen molar-refractivity contribution in [2.45, 2.75) is 25.8 Å². The topological polar surface area (TPSA) is 49.9 Å². The van der Waals surface area contributed by atoms with E-state index in [4.69, 9.17) is 4.74 Å². The van der Waals surface area contributed by atoms with E-state index in [2.05, 4.69) is 0 Å². The Morgan fingerprint density at radius 2 is 2.04 bits per heavy atom. The number of piperazine rings is 1. The minimum atomic E-state index is -0.0484. The fourth-order valence-corrected chi connectivity index (χ4v) is 3.73. The number of nitrogens with zero attached hydrogens (tertiary/aromatic N) is 2. The number of methoxy groups -OCH3 is 1. The molecule has 0 aliphatic carbocycles. The lowest BCUT2D eigenvalue weighted by Gasteiger charge is -2.39. The van der Waals surface area contributed by atoms with Gasteiger partial charge in [0, 0.05) is 29.6 Å². The summed E-state index contributed by atoms with van der Waals surface area (Å²) in [6, 6.07) is 11.4. The predicted molar refractivity (Wildman–Crippen MR) is 99.2 cm³/mol. The van der Waals surface area contributed by atoms with Crippen LogP contribution in [0.4, 0.5) is 5.69 Å². The van der Waals surface area contributed by atoms with Crippen LogP contribution in [-0.4, -0.2) is 43.0 Å². The average Bonchev–Trinajstić information content (AvgIpc) is 3.15. The van der Waals surface area contributed by atoms with Crippen molar-refractivity contribution in [1.29, 1.82) is 0 Å². The van der Waals surface area contributed by atoms with Crippen molar-refractivity contribution in [2.24, 2.45) is 0 Å². The summed E-state index contributed by atoms with van der Waals surface area (Å²) in [5.74, 6) is 0.753. The lowest BCUT2D eigenvalue weighted by molar-refractivity contribution is -0.139. The first kappa shape index (κ1) is 17.5. The van der Waals surface area contributed by atoms with Crippen molar-refractivity contribution in [3.8, 4) is 5.75 Å². The second-order valence-corrected chi connectivity index (χ2v) is 7.18. The molecule has 0 spiro atoms. The van der Waals surface area contributed by atoms with E-state index in [1.54, 1.807) is 28.2 Å². The van der Waals surface area contributed by atoms with Crippen molar-refractivity contribution in [3.63, 3.8) is 0 Å². The molecular formula is C19H22N2O3S. The molecule has 0 radical (unpaired) electrons. The minimum absolute atomic E-state index is 0.00404. The van der Waals surface area contributed by atoms with E-state index >= 15 is 0 Å². The zero-order chi connectivity index (χ0) is 17.8. The van der Waals surface area contributed by atoms with Crippen molar-refractivity contribution in [3.05, 3.63) is 46.7 Å². The maximum atomic E-state index is 12.5. The van der Waals surface area contributed by atoms with Gasteiger partial charge in [0.05, 0.1) is 7.11 Å². The number of aryl methyl sites for hydroxylation is 1. The van der Waals surface area contributed by atoms with Crippen molar-refractivity contribution < 1.29 is 14.3 Å². The number of thiophene rings is 1. The highest BCUT2D eigenvalue weighted by molar-refractivity contribution is 7.09. The standard InChI is InChI=1S/C19H22N2O3S/c1-14-12-21(15-5-7-16(24-2)8-6-15)19(23)13-20(14)18(22)10-9-17-4-3-11-25-17/h3-8,11,14H,9-10,12-13H2,1-2H3/t14-/m1/s1. The molecule has 0 unspecified atom stereocenters. The molecule has 1 aromatic carbocycles. The molecule has 3 rings (SSSR count). The van der Waals surface area contributed by atoms with Gasteiger partial charge in [-0.05, 0) is 49.1 Å². The van der Waals surface area contributed by atoms with E-state index in [-0.39, 0.29) is 24.4 Å². The van der Waals surface area contributed by atoms with Gasteiger partial charge < -0.3 is 14.5 Å². The predicted octanol–water partition coefficient (Wildman–Crippen LogP) is 2.95. The normalized spacial score (nSPS) is 17.7. The third-order valence-electron chi connectivity index (χ3n) is 4.46. The molecule has 2 aromatic rings. The summed E-state index contributed by atoms with van der Waals surface area (Å²) < 4.78 is 5.16. The molecular weight excluding hydrogens is 336 g/mol. The Bertz CT molecular complexity index is 728. The number of hydrogen-bond acceptors (Lipinski definition) is 4. The van der Waals surface area contributed by atoms with Crippen LogP contribution in [0.5, 0.6) is 5.75 Å². The number of carbonyl (C=O) groups is 2. The van der Waals surface area contributed by atoms with Gasteiger partial charge in [-0.15, -0.1) is 11.3 Å². The van der Waals surface area contributed by atoms with Crippen LogP contribution in [0, 0.1) is 0 Å². The molecule has 1 fully saturated rings. The van der Waals surface area contributed by atoms with Crippen LogP contribution in [0.2, 0.25) is 0 Å². The van der Waals surface area contributed by atoms with Gasteiger partial charge in [-0.3, -0.25) is 9.59 Å². The largest absolute Gasteiger partial charge is 0.497 e.